The van der Waals surface area contributed by atoms with Crippen molar-refractivity contribution >= 4 is 8.58 Å². The molecule has 0 radical (unpaired) electrons. The molecule has 0 heterocycles. The van der Waals surface area contributed by atoms with E-state index in [1.807, 2.05) is 0 Å². The molecular weight excluding hydrogens is 247 g/mol. The van der Waals surface area contributed by atoms with Gasteiger partial charge in [-0.05, 0) is 37.0 Å². The minimum absolute atomic E-state index is 1.11. The van der Waals surface area contributed by atoms with Crippen LogP contribution in [0.1, 0.15) is 103 Å². The van der Waals surface area contributed by atoms with Gasteiger partial charge in [0.15, 0.2) is 0 Å². The Hall–Kier alpha value is 0.430. The van der Waals surface area contributed by atoms with E-state index in [9.17, 15) is 0 Å². The van der Waals surface area contributed by atoms with Gasteiger partial charge in [-0.1, -0.05) is 77.0 Å². The molecule has 0 aromatic heterocycles. The van der Waals surface area contributed by atoms with Crippen LogP contribution in [0, 0.1) is 0 Å². The molecule has 2 saturated carbocycles. The summed E-state index contributed by atoms with van der Waals surface area (Å²) in [6.07, 6.45) is 24.5. The summed E-state index contributed by atoms with van der Waals surface area (Å²) in [5.74, 6) is 0. The van der Waals surface area contributed by atoms with Crippen LogP contribution < -0.4 is 0 Å². The maximum atomic E-state index is 1.56. The van der Waals surface area contributed by atoms with E-state index in [1.165, 1.54) is 85.6 Å². The molecule has 1 unspecified atom stereocenters. The Kier molecular flexibility index (Phi) is 8.49. The van der Waals surface area contributed by atoms with E-state index in [0.717, 1.165) is 11.3 Å². The van der Waals surface area contributed by atoms with Crippen LogP contribution in [0.4, 0.5) is 0 Å². The normalized spacial score (nSPS) is 27.2. The summed E-state index contributed by atoms with van der Waals surface area (Å²) < 4.78 is 0. The average Bonchev–Trinajstić information content (AvgIpc) is 2.43. The molecule has 2 rings (SSSR count). The lowest BCUT2D eigenvalue weighted by atomic mass is 10.00. The predicted molar refractivity (Wildman–Crippen MR) is 89.8 cm³/mol. The Morgan fingerprint density at radius 2 is 0.632 bits per heavy atom. The van der Waals surface area contributed by atoms with Gasteiger partial charge in [-0.2, -0.15) is 0 Å². The summed E-state index contributed by atoms with van der Waals surface area (Å²) in [5.41, 5.74) is 2.24. The largest absolute Gasteiger partial charge is 0.116 e. The molecule has 0 spiro atoms. The van der Waals surface area contributed by atoms with Crippen LogP contribution in [0.5, 0.6) is 0 Å². The maximum Gasteiger partial charge on any atom is -0.0234 e. The van der Waals surface area contributed by atoms with Crippen LogP contribution in [-0.2, 0) is 0 Å². The number of hydrogen-bond donors (Lipinski definition) is 0. The van der Waals surface area contributed by atoms with Crippen molar-refractivity contribution in [3.05, 3.63) is 0 Å². The fraction of sp³-hybridized carbons (Fsp3) is 1.00. The van der Waals surface area contributed by atoms with Crippen molar-refractivity contribution in [2.45, 2.75) is 114 Å². The van der Waals surface area contributed by atoms with E-state index in [0.29, 0.717) is 0 Å². The Balaban J connectivity index is 1.70. The predicted octanol–water partition coefficient (Wildman–Crippen LogP) is 6.67. The SMILES string of the molecule is C1CCCCCC(PC2CCCCC2)CCCCC1. The molecule has 2 fully saturated rings. The third-order valence-corrected chi connectivity index (χ3v) is 7.28. The Morgan fingerprint density at radius 3 is 1.00 bits per heavy atom. The standard InChI is InChI=1S/C18H35P/c1-2-4-6-9-13-17(14-10-7-5-3-1)19-18-15-11-8-12-16-18/h17-19H,1-16H2. The minimum atomic E-state index is 1.11. The van der Waals surface area contributed by atoms with Gasteiger partial charge in [-0.3, -0.25) is 0 Å². The van der Waals surface area contributed by atoms with E-state index >= 15 is 0 Å². The van der Waals surface area contributed by atoms with Crippen molar-refractivity contribution in [1.29, 1.82) is 0 Å². The lowest BCUT2D eigenvalue weighted by Crippen LogP contribution is -2.12. The van der Waals surface area contributed by atoms with Gasteiger partial charge in [0.2, 0.25) is 0 Å². The van der Waals surface area contributed by atoms with Gasteiger partial charge < -0.3 is 0 Å². The highest BCUT2D eigenvalue weighted by Gasteiger charge is 2.18. The van der Waals surface area contributed by atoms with E-state index in [2.05, 4.69) is 0 Å². The quantitative estimate of drug-likeness (QED) is 0.496. The second-order valence-electron chi connectivity index (χ2n) is 6.96. The van der Waals surface area contributed by atoms with Gasteiger partial charge >= 0.3 is 0 Å². The fourth-order valence-corrected chi connectivity index (χ4v) is 6.08. The van der Waals surface area contributed by atoms with Crippen molar-refractivity contribution in [2.75, 3.05) is 0 Å². The van der Waals surface area contributed by atoms with Crippen molar-refractivity contribution in [3.8, 4) is 0 Å². The first-order chi connectivity index (χ1) is 9.45. The monoisotopic (exact) mass is 282 g/mol. The van der Waals surface area contributed by atoms with Gasteiger partial charge in [0.1, 0.15) is 0 Å². The first-order valence-corrected chi connectivity index (χ1v) is 10.4. The van der Waals surface area contributed by atoms with Crippen molar-refractivity contribution in [2.24, 2.45) is 0 Å². The van der Waals surface area contributed by atoms with Crippen molar-refractivity contribution < 1.29 is 0 Å². The smallest absolute Gasteiger partial charge is 0.0234 e. The van der Waals surface area contributed by atoms with Gasteiger partial charge in [-0.15, -0.1) is 8.58 Å². The molecule has 0 N–H and O–H groups in total. The summed E-state index contributed by atoms with van der Waals surface area (Å²) in [5, 5.41) is 0. The molecule has 2 aliphatic rings. The molecular formula is C18H35P. The summed E-state index contributed by atoms with van der Waals surface area (Å²) in [6.45, 7) is 0. The molecule has 112 valence electrons. The summed E-state index contributed by atoms with van der Waals surface area (Å²) in [7, 11) is 1.31. The topological polar surface area (TPSA) is 0 Å². The zero-order chi connectivity index (χ0) is 13.2. The first-order valence-electron chi connectivity index (χ1n) is 9.21. The van der Waals surface area contributed by atoms with Gasteiger partial charge in [0, 0.05) is 0 Å². The average molecular weight is 282 g/mol. The van der Waals surface area contributed by atoms with E-state index in [1.54, 1.807) is 25.7 Å². The summed E-state index contributed by atoms with van der Waals surface area (Å²) >= 11 is 0. The molecule has 0 nitrogen and oxygen atoms in total. The van der Waals surface area contributed by atoms with Crippen LogP contribution in [-0.4, -0.2) is 11.3 Å². The Labute approximate surface area is 123 Å². The second-order valence-corrected chi connectivity index (χ2v) is 8.92. The van der Waals surface area contributed by atoms with Crippen LogP contribution >= 0.6 is 8.58 Å². The number of rotatable bonds is 2. The highest BCUT2D eigenvalue weighted by atomic mass is 31.1. The minimum Gasteiger partial charge on any atom is -0.116 e. The van der Waals surface area contributed by atoms with Gasteiger partial charge in [-0.25, -0.2) is 0 Å². The summed E-state index contributed by atoms with van der Waals surface area (Å²) in [6, 6.07) is 0. The number of hydrogen-bond acceptors (Lipinski definition) is 0. The second kappa shape index (κ2) is 10.2. The molecule has 2 aliphatic carbocycles. The van der Waals surface area contributed by atoms with Gasteiger partial charge in [0.25, 0.3) is 0 Å². The lowest BCUT2D eigenvalue weighted by molar-refractivity contribution is 0.494. The van der Waals surface area contributed by atoms with E-state index < -0.39 is 0 Å². The molecule has 0 saturated heterocycles. The van der Waals surface area contributed by atoms with Crippen molar-refractivity contribution in [3.63, 3.8) is 0 Å². The third kappa shape index (κ3) is 7.12. The zero-order valence-corrected chi connectivity index (χ0v) is 14.0. The fourth-order valence-electron chi connectivity index (χ4n) is 3.93. The van der Waals surface area contributed by atoms with E-state index in [-0.39, 0.29) is 0 Å². The van der Waals surface area contributed by atoms with Crippen LogP contribution in [0.25, 0.3) is 0 Å². The Bertz CT molecular complexity index is 196. The molecule has 0 aliphatic heterocycles. The molecule has 0 bridgehead atoms. The molecule has 0 aromatic rings. The van der Waals surface area contributed by atoms with E-state index in [4.69, 9.17) is 0 Å². The third-order valence-electron chi connectivity index (χ3n) is 5.18. The van der Waals surface area contributed by atoms with Crippen LogP contribution in [0.15, 0.2) is 0 Å². The van der Waals surface area contributed by atoms with Crippen LogP contribution in [0.2, 0.25) is 0 Å². The highest BCUT2D eigenvalue weighted by molar-refractivity contribution is 7.39. The highest BCUT2D eigenvalue weighted by Crippen LogP contribution is 2.40. The molecule has 0 aromatic carbocycles. The van der Waals surface area contributed by atoms with Gasteiger partial charge in [0.05, 0.1) is 0 Å². The molecule has 1 heteroatoms. The zero-order valence-electron chi connectivity index (χ0n) is 13.0. The molecule has 19 heavy (non-hydrogen) atoms. The summed E-state index contributed by atoms with van der Waals surface area (Å²) in [4.78, 5) is 0. The van der Waals surface area contributed by atoms with Crippen LogP contribution in [0.3, 0.4) is 0 Å². The maximum absolute atomic E-state index is 1.56. The Morgan fingerprint density at radius 1 is 0.368 bits per heavy atom. The first kappa shape index (κ1) is 15.8. The molecule has 1 atom stereocenters. The molecule has 0 amide bonds. The lowest BCUT2D eigenvalue weighted by Gasteiger charge is -2.27. The van der Waals surface area contributed by atoms with Crippen molar-refractivity contribution in [1.82, 2.24) is 0 Å².